The summed E-state index contributed by atoms with van der Waals surface area (Å²) < 4.78 is 15.5. The fourth-order valence-electron chi connectivity index (χ4n) is 2.13. The van der Waals surface area contributed by atoms with Crippen LogP contribution in [-0.2, 0) is 14.2 Å². The van der Waals surface area contributed by atoms with E-state index in [9.17, 15) is 15.0 Å². The normalized spacial score (nSPS) is 33.7. The van der Waals surface area contributed by atoms with E-state index in [1.165, 1.54) is 7.11 Å². The fraction of sp³-hybridized carbons (Fsp3) is 0.500. The van der Waals surface area contributed by atoms with Crippen LogP contribution < -0.4 is 0 Å². The molecule has 1 fully saturated rings. The molecule has 1 heterocycles. The molecule has 1 aliphatic heterocycles. The van der Waals surface area contributed by atoms with E-state index < -0.39 is 36.7 Å². The maximum atomic E-state index is 12.0. The third kappa shape index (κ3) is 2.99. The Kier molecular flexibility index (Phi) is 4.72. The van der Waals surface area contributed by atoms with E-state index in [0.29, 0.717) is 5.56 Å². The minimum atomic E-state index is -1.27. The molecule has 0 unspecified atom stereocenters. The molecule has 5 atom stereocenters. The van der Waals surface area contributed by atoms with Gasteiger partial charge < -0.3 is 24.4 Å². The maximum Gasteiger partial charge on any atom is 0.338 e. The third-order valence-corrected chi connectivity index (χ3v) is 3.26. The first-order chi connectivity index (χ1) is 9.54. The van der Waals surface area contributed by atoms with Gasteiger partial charge in [0.1, 0.15) is 12.2 Å². The van der Waals surface area contributed by atoms with Crippen molar-refractivity contribution < 1.29 is 29.2 Å². The zero-order valence-corrected chi connectivity index (χ0v) is 11.3. The number of methoxy groups -OCH3 is 1. The Morgan fingerprint density at radius 3 is 2.45 bits per heavy atom. The summed E-state index contributed by atoms with van der Waals surface area (Å²) in [6, 6.07) is 8.42. The van der Waals surface area contributed by atoms with Crippen LogP contribution in [-0.4, -0.2) is 54.0 Å². The van der Waals surface area contributed by atoms with Gasteiger partial charge >= 0.3 is 5.97 Å². The van der Waals surface area contributed by atoms with Crippen LogP contribution in [0.25, 0.3) is 0 Å². The molecule has 110 valence electrons. The van der Waals surface area contributed by atoms with E-state index in [4.69, 9.17) is 14.2 Å². The van der Waals surface area contributed by atoms with E-state index in [1.54, 1.807) is 37.3 Å². The predicted molar refractivity (Wildman–Crippen MR) is 69.0 cm³/mol. The lowest BCUT2D eigenvalue weighted by Gasteiger charge is -2.40. The number of ether oxygens (including phenoxy) is 3. The van der Waals surface area contributed by atoms with Crippen molar-refractivity contribution >= 4 is 5.97 Å². The van der Waals surface area contributed by atoms with Gasteiger partial charge in [-0.2, -0.15) is 0 Å². The average molecular weight is 282 g/mol. The highest BCUT2D eigenvalue weighted by atomic mass is 16.7. The van der Waals surface area contributed by atoms with Gasteiger partial charge in [0.15, 0.2) is 12.4 Å². The van der Waals surface area contributed by atoms with Gasteiger partial charge in [0, 0.05) is 7.11 Å². The van der Waals surface area contributed by atoms with Crippen molar-refractivity contribution in [2.45, 2.75) is 37.6 Å². The van der Waals surface area contributed by atoms with E-state index in [0.717, 1.165) is 0 Å². The first kappa shape index (κ1) is 14.9. The molecule has 2 rings (SSSR count). The molecule has 20 heavy (non-hydrogen) atoms. The van der Waals surface area contributed by atoms with Gasteiger partial charge in [-0.1, -0.05) is 18.2 Å². The topological polar surface area (TPSA) is 85.2 Å². The number of hydrogen-bond acceptors (Lipinski definition) is 6. The Morgan fingerprint density at radius 1 is 1.20 bits per heavy atom. The molecule has 1 aromatic carbocycles. The molecule has 0 aliphatic carbocycles. The minimum Gasteiger partial charge on any atom is -0.453 e. The molecule has 0 bridgehead atoms. The van der Waals surface area contributed by atoms with Gasteiger partial charge in [-0.15, -0.1) is 0 Å². The molecule has 1 aromatic rings. The van der Waals surface area contributed by atoms with Gasteiger partial charge in [0.25, 0.3) is 0 Å². The smallest absolute Gasteiger partial charge is 0.338 e. The highest BCUT2D eigenvalue weighted by Crippen LogP contribution is 2.24. The molecule has 6 nitrogen and oxygen atoms in total. The highest BCUT2D eigenvalue weighted by molar-refractivity contribution is 5.89. The minimum absolute atomic E-state index is 0.371. The number of aliphatic hydroxyl groups is 2. The number of carbonyl (C=O) groups excluding carboxylic acids is 1. The number of carbonyl (C=O) groups is 1. The largest absolute Gasteiger partial charge is 0.453 e. The molecular weight excluding hydrogens is 264 g/mol. The Labute approximate surface area is 116 Å². The summed E-state index contributed by atoms with van der Waals surface area (Å²) in [6.45, 7) is 1.64. The van der Waals surface area contributed by atoms with Crippen LogP contribution in [0.2, 0.25) is 0 Å². The summed E-state index contributed by atoms with van der Waals surface area (Å²) in [6.07, 6.45) is -5.03. The molecule has 1 saturated heterocycles. The van der Waals surface area contributed by atoms with Crippen molar-refractivity contribution in [2.75, 3.05) is 7.11 Å². The van der Waals surface area contributed by atoms with Crippen molar-refractivity contribution in [3.05, 3.63) is 35.9 Å². The summed E-state index contributed by atoms with van der Waals surface area (Å²) in [4.78, 5) is 12.0. The lowest BCUT2D eigenvalue weighted by molar-refractivity contribution is -0.285. The number of rotatable bonds is 3. The Bertz CT molecular complexity index is 448. The van der Waals surface area contributed by atoms with Crippen molar-refractivity contribution in [1.82, 2.24) is 0 Å². The van der Waals surface area contributed by atoms with Crippen LogP contribution >= 0.6 is 0 Å². The second-order valence-corrected chi connectivity index (χ2v) is 4.66. The predicted octanol–water partition coefficient (Wildman–Crippen LogP) is 0.325. The molecular formula is C14H18O6. The van der Waals surface area contributed by atoms with Crippen molar-refractivity contribution in [3.63, 3.8) is 0 Å². The van der Waals surface area contributed by atoms with Gasteiger partial charge in [-0.05, 0) is 19.1 Å². The van der Waals surface area contributed by atoms with Gasteiger partial charge in [0.05, 0.1) is 11.7 Å². The highest BCUT2D eigenvalue weighted by Gasteiger charge is 2.45. The lowest BCUT2D eigenvalue weighted by Crippen LogP contribution is -2.58. The molecule has 6 heteroatoms. The van der Waals surface area contributed by atoms with E-state index in [2.05, 4.69) is 0 Å². The molecule has 2 N–H and O–H groups in total. The fourth-order valence-corrected chi connectivity index (χ4v) is 2.13. The number of hydrogen-bond donors (Lipinski definition) is 2. The summed E-state index contributed by atoms with van der Waals surface area (Å²) in [5, 5.41) is 19.8. The zero-order valence-electron chi connectivity index (χ0n) is 11.3. The molecule has 0 saturated carbocycles. The van der Waals surface area contributed by atoms with Crippen LogP contribution in [0.5, 0.6) is 0 Å². The SMILES string of the molecule is CO[C@H]1O[C@H](C)[C@@H](OC(=O)c2ccccc2)[C@H](O)[C@@H]1O. The van der Waals surface area contributed by atoms with Crippen LogP contribution in [0.3, 0.4) is 0 Å². The second-order valence-electron chi connectivity index (χ2n) is 4.66. The van der Waals surface area contributed by atoms with E-state index >= 15 is 0 Å². The van der Waals surface area contributed by atoms with Crippen LogP contribution in [0, 0.1) is 0 Å². The number of esters is 1. The summed E-state index contributed by atoms with van der Waals surface area (Å²) in [5.41, 5.74) is 0.371. The van der Waals surface area contributed by atoms with E-state index in [-0.39, 0.29) is 0 Å². The average Bonchev–Trinajstić information content (AvgIpc) is 2.48. The van der Waals surface area contributed by atoms with E-state index in [1.807, 2.05) is 0 Å². The van der Waals surface area contributed by atoms with Gasteiger partial charge in [-0.3, -0.25) is 0 Å². The first-order valence-corrected chi connectivity index (χ1v) is 6.35. The van der Waals surface area contributed by atoms with Crippen molar-refractivity contribution in [3.8, 4) is 0 Å². The Morgan fingerprint density at radius 2 is 1.85 bits per heavy atom. The molecule has 0 amide bonds. The number of benzene rings is 1. The zero-order chi connectivity index (χ0) is 14.7. The Hall–Kier alpha value is -1.47. The maximum absolute atomic E-state index is 12.0. The quantitative estimate of drug-likeness (QED) is 0.777. The van der Waals surface area contributed by atoms with Gasteiger partial charge in [-0.25, -0.2) is 4.79 Å². The molecule has 0 radical (unpaired) electrons. The van der Waals surface area contributed by atoms with Crippen LogP contribution in [0.4, 0.5) is 0 Å². The van der Waals surface area contributed by atoms with Gasteiger partial charge in [0.2, 0.25) is 0 Å². The second kappa shape index (κ2) is 6.32. The van der Waals surface area contributed by atoms with Crippen molar-refractivity contribution in [1.29, 1.82) is 0 Å². The number of aliphatic hydroxyl groups excluding tert-OH is 2. The van der Waals surface area contributed by atoms with Crippen molar-refractivity contribution in [2.24, 2.45) is 0 Å². The molecule has 0 spiro atoms. The summed E-state index contributed by atoms with van der Waals surface area (Å²) >= 11 is 0. The molecule has 0 aromatic heterocycles. The molecule has 1 aliphatic rings. The first-order valence-electron chi connectivity index (χ1n) is 6.35. The standard InChI is InChI=1S/C14H18O6/c1-8-12(10(15)11(16)14(18-2)19-8)20-13(17)9-6-4-3-5-7-9/h3-8,10-12,14-16H,1-2H3/t8-,10-,11+,12-,14+/m1/s1. The van der Waals surface area contributed by atoms with Crippen LogP contribution in [0.15, 0.2) is 30.3 Å². The summed E-state index contributed by atoms with van der Waals surface area (Å²) in [5.74, 6) is -0.576. The Balaban J connectivity index is 2.07. The monoisotopic (exact) mass is 282 g/mol. The lowest BCUT2D eigenvalue weighted by atomic mass is 9.99. The summed E-state index contributed by atoms with van der Waals surface area (Å²) in [7, 11) is 1.36. The third-order valence-electron chi connectivity index (χ3n) is 3.26. The van der Waals surface area contributed by atoms with Crippen LogP contribution in [0.1, 0.15) is 17.3 Å².